The van der Waals surface area contributed by atoms with E-state index in [1.807, 2.05) is 0 Å². The highest BCUT2D eigenvalue weighted by molar-refractivity contribution is 7.89. The Hall–Kier alpha value is -1.48. The molecule has 0 bridgehead atoms. The first-order valence-corrected chi connectivity index (χ1v) is 11.5. The zero-order valence-electron chi connectivity index (χ0n) is 16.4. The molecule has 1 aromatic carbocycles. The van der Waals surface area contributed by atoms with Crippen molar-refractivity contribution in [1.82, 2.24) is 9.62 Å². The van der Waals surface area contributed by atoms with Crippen LogP contribution in [0.2, 0.25) is 0 Å². The SMILES string of the molecule is CC(OCC1CCCO1)C(=O)NCC1CCN(S(=O)(=O)c2ccccc2)CC1. The van der Waals surface area contributed by atoms with Crippen LogP contribution in [0.3, 0.4) is 0 Å². The molecule has 2 unspecified atom stereocenters. The number of amides is 1. The van der Waals surface area contributed by atoms with Gasteiger partial charge < -0.3 is 14.8 Å². The number of hydrogen-bond donors (Lipinski definition) is 1. The molecule has 0 spiro atoms. The number of piperidine rings is 1. The Labute approximate surface area is 167 Å². The summed E-state index contributed by atoms with van der Waals surface area (Å²) in [4.78, 5) is 12.5. The molecule has 156 valence electrons. The fraction of sp³-hybridized carbons (Fsp3) is 0.650. The highest BCUT2D eigenvalue weighted by atomic mass is 32.2. The number of carbonyl (C=O) groups excluding carboxylic acids is 1. The maximum Gasteiger partial charge on any atom is 0.248 e. The Balaban J connectivity index is 1.38. The fourth-order valence-electron chi connectivity index (χ4n) is 3.59. The van der Waals surface area contributed by atoms with Gasteiger partial charge in [-0.3, -0.25) is 4.79 Å². The van der Waals surface area contributed by atoms with E-state index in [4.69, 9.17) is 9.47 Å². The minimum absolute atomic E-state index is 0.103. The number of sulfonamides is 1. The second kappa shape index (κ2) is 9.82. The van der Waals surface area contributed by atoms with E-state index in [9.17, 15) is 13.2 Å². The highest BCUT2D eigenvalue weighted by Crippen LogP contribution is 2.23. The van der Waals surface area contributed by atoms with E-state index in [0.717, 1.165) is 32.3 Å². The summed E-state index contributed by atoms with van der Waals surface area (Å²) in [6, 6.07) is 8.52. The summed E-state index contributed by atoms with van der Waals surface area (Å²) in [5.41, 5.74) is 0. The molecule has 2 aliphatic rings. The molecule has 3 rings (SSSR count). The molecule has 0 aliphatic carbocycles. The van der Waals surface area contributed by atoms with Gasteiger partial charge in [0.15, 0.2) is 0 Å². The Bertz CT molecular complexity index is 726. The van der Waals surface area contributed by atoms with Crippen molar-refractivity contribution in [2.45, 2.75) is 49.7 Å². The maximum atomic E-state index is 12.7. The van der Waals surface area contributed by atoms with Crippen LogP contribution in [0.25, 0.3) is 0 Å². The average Bonchev–Trinajstić information content (AvgIpc) is 3.25. The lowest BCUT2D eigenvalue weighted by atomic mass is 9.98. The molecule has 0 radical (unpaired) electrons. The lowest BCUT2D eigenvalue weighted by Gasteiger charge is -2.31. The number of hydrogen-bond acceptors (Lipinski definition) is 5. The minimum Gasteiger partial charge on any atom is -0.376 e. The largest absolute Gasteiger partial charge is 0.376 e. The number of nitrogens with one attached hydrogen (secondary N) is 1. The second-order valence-electron chi connectivity index (χ2n) is 7.52. The normalized spacial score (nSPS) is 22.8. The molecular weight excluding hydrogens is 380 g/mol. The minimum atomic E-state index is -3.43. The lowest BCUT2D eigenvalue weighted by Crippen LogP contribution is -2.43. The summed E-state index contributed by atoms with van der Waals surface area (Å²) in [6.45, 7) is 4.47. The number of benzene rings is 1. The third-order valence-electron chi connectivity index (χ3n) is 5.44. The molecule has 1 amide bonds. The van der Waals surface area contributed by atoms with Crippen LogP contribution in [-0.4, -0.2) is 63.7 Å². The number of nitrogens with zero attached hydrogens (tertiary/aromatic N) is 1. The zero-order chi connectivity index (χ0) is 20.0. The van der Waals surface area contributed by atoms with Gasteiger partial charge in [0.25, 0.3) is 0 Å². The van der Waals surface area contributed by atoms with Crippen molar-refractivity contribution >= 4 is 15.9 Å². The second-order valence-corrected chi connectivity index (χ2v) is 9.45. The lowest BCUT2D eigenvalue weighted by molar-refractivity contribution is -0.134. The van der Waals surface area contributed by atoms with E-state index in [-0.39, 0.29) is 17.9 Å². The summed E-state index contributed by atoms with van der Waals surface area (Å²) in [7, 11) is -3.43. The molecule has 8 heteroatoms. The third-order valence-corrected chi connectivity index (χ3v) is 7.36. The standard InChI is InChI=1S/C20H30N2O5S/c1-16(27-15-18-6-5-13-26-18)20(23)21-14-17-9-11-22(12-10-17)28(24,25)19-7-3-2-4-8-19/h2-4,7-8,16-18H,5-6,9-15H2,1H3,(H,21,23). The molecule has 1 N–H and O–H groups in total. The summed E-state index contributed by atoms with van der Waals surface area (Å²) >= 11 is 0. The Morgan fingerprint density at radius 3 is 2.61 bits per heavy atom. The van der Waals surface area contributed by atoms with Crippen LogP contribution >= 0.6 is 0 Å². The predicted molar refractivity (Wildman–Crippen MR) is 105 cm³/mol. The van der Waals surface area contributed by atoms with Gasteiger partial charge in [-0.25, -0.2) is 8.42 Å². The third kappa shape index (κ3) is 5.53. The van der Waals surface area contributed by atoms with Crippen molar-refractivity contribution < 1.29 is 22.7 Å². The maximum absolute atomic E-state index is 12.7. The van der Waals surface area contributed by atoms with Gasteiger partial charge in [-0.1, -0.05) is 18.2 Å². The van der Waals surface area contributed by atoms with Crippen LogP contribution in [-0.2, 0) is 24.3 Å². The molecule has 2 atom stereocenters. The smallest absolute Gasteiger partial charge is 0.248 e. The number of carbonyl (C=O) groups is 1. The van der Waals surface area contributed by atoms with Crippen LogP contribution in [0.1, 0.15) is 32.6 Å². The first-order valence-electron chi connectivity index (χ1n) is 10.0. The van der Waals surface area contributed by atoms with Gasteiger partial charge in [-0.15, -0.1) is 0 Å². The fourth-order valence-corrected chi connectivity index (χ4v) is 5.08. The first-order chi connectivity index (χ1) is 13.5. The summed E-state index contributed by atoms with van der Waals surface area (Å²) in [6.07, 6.45) is 3.09. The van der Waals surface area contributed by atoms with E-state index in [1.54, 1.807) is 37.3 Å². The van der Waals surface area contributed by atoms with Gasteiger partial charge in [-0.2, -0.15) is 4.31 Å². The summed E-state index contributed by atoms with van der Waals surface area (Å²) in [5, 5.41) is 2.94. The topological polar surface area (TPSA) is 84.9 Å². The van der Waals surface area contributed by atoms with E-state index < -0.39 is 16.1 Å². The summed E-state index contributed by atoms with van der Waals surface area (Å²) < 4.78 is 38.0. The van der Waals surface area contributed by atoms with Crippen molar-refractivity contribution in [3.05, 3.63) is 30.3 Å². The van der Waals surface area contributed by atoms with Crippen LogP contribution in [0.5, 0.6) is 0 Å². The van der Waals surface area contributed by atoms with Gasteiger partial charge in [0.2, 0.25) is 15.9 Å². The van der Waals surface area contributed by atoms with Crippen molar-refractivity contribution in [2.24, 2.45) is 5.92 Å². The van der Waals surface area contributed by atoms with Gasteiger partial charge in [-0.05, 0) is 50.7 Å². The molecule has 0 saturated carbocycles. The molecule has 1 aromatic rings. The number of ether oxygens (including phenoxy) is 2. The molecule has 2 aliphatic heterocycles. The molecule has 0 aromatic heterocycles. The first kappa shape index (κ1) is 21.2. The Morgan fingerprint density at radius 1 is 1.25 bits per heavy atom. The van der Waals surface area contributed by atoms with E-state index in [2.05, 4.69) is 5.32 Å². The van der Waals surface area contributed by atoms with Crippen LogP contribution in [0.15, 0.2) is 35.2 Å². The van der Waals surface area contributed by atoms with Crippen LogP contribution < -0.4 is 5.32 Å². The van der Waals surface area contributed by atoms with Crippen molar-refractivity contribution in [3.63, 3.8) is 0 Å². The zero-order valence-corrected chi connectivity index (χ0v) is 17.2. The van der Waals surface area contributed by atoms with Crippen molar-refractivity contribution in [3.8, 4) is 0 Å². The Morgan fingerprint density at radius 2 is 1.96 bits per heavy atom. The highest BCUT2D eigenvalue weighted by Gasteiger charge is 2.29. The average molecular weight is 411 g/mol. The summed E-state index contributed by atoms with van der Waals surface area (Å²) in [5.74, 6) is 0.147. The van der Waals surface area contributed by atoms with E-state index in [0.29, 0.717) is 31.1 Å². The molecular formula is C20H30N2O5S. The quantitative estimate of drug-likeness (QED) is 0.706. The van der Waals surface area contributed by atoms with Crippen LogP contribution in [0.4, 0.5) is 0 Å². The van der Waals surface area contributed by atoms with Gasteiger partial charge >= 0.3 is 0 Å². The van der Waals surface area contributed by atoms with E-state index in [1.165, 1.54) is 4.31 Å². The van der Waals surface area contributed by atoms with Gasteiger partial charge in [0.1, 0.15) is 6.10 Å². The van der Waals surface area contributed by atoms with Crippen molar-refractivity contribution in [1.29, 1.82) is 0 Å². The van der Waals surface area contributed by atoms with Gasteiger partial charge in [0.05, 0.1) is 17.6 Å². The van der Waals surface area contributed by atoms with Gasteiger partial charge in [0, 0.05) is 26.2 Å². The molecule has 2 fully saturated rings. The number of rotatable bonds is 8. The molecule has 7 nitrogen and oxygen atoms in total. The van der Waals surface area contributed by atoms with Crippen molar-refractivity contribution in [2.75, 3.05) is 32.8 Å². The monoisotopic (exact) mass is 410 g/mol. The molecule has 2 heterocycles. The molecule has 2 saturated heterocycles. The van der Waals surface area contributed by atoms with Crippen LogP contribution in [0, 0.1) is 5.92 Å². The van der Waals surface area contributed by atoms with E-state index >= 15 is 0 Å². The predicted octanol–water partition coefficient (Wildman–Crippen LogP) is 1.79. The molecule has 28 heavy (non-hydrogen) atoms. The Kier molecular flexibility index (Phi) is 7.45.